The Labute approximate surface area is 161 Å². The molecule has 7 heteroatoms. The molecule has 0 spiro atoms. The van der Waals surface area contributed by atoms with Gasteiger partial charge in [0.2, 0.25) is 11.8 Å². The maximum atomic E-state index is 12.2. The lowest BCUT2D eigenvalue weighted by Gasteiger charge is -2.05. The summed E-state index contributed by atoms with van der Waals surface area (Å²) in [4.78, 5) is 28.0. The van der Waals surface area contributed by atoms with E-state index in [0.717, 1.165) is 16.3 Å². The molecule has 1 aromatic heterocycles. The minimum absolute atomic E-state index is 0.123. The molecule has 0 saturated carbocycles. The normalized spacial score (nSPS) is 10.3. The van der Waals surface area contributed by atoms with Crippen LogP contribution in [-0.4, -0.2) is 23.9 Å². The van der Waals surface area contributed by atoms with Gasteiger partial charge < -0.3 is 15.4 Å². The van der Waals surface area contributed by atoms with Crippen molar-refractivity contribution in [2.45, 2.75) is 13.3 Å². The molecule has 3 rings (SSSR count). The SMILES string of the molecule is COc1ccc(NC(=O)Cc2csc(-c3cccc(NC(C)=O)c3)n2)cc1. The Morgan fingerprint density at radius 2 is 1.85 bits per heavy atom. The smallest absolute Gasteiger partial charge is 0.230 e. The van der Waals surface area contributed by atoms with Crippen molar-refractivity contribution < 1.29 is 14.3 Å². The highest BCUT2D eigenvalue weighted by atomic mass is 32.1. The van der Waals surface area contributed by atoms with Gasteiger partial charge in [0.25, 0.3) is 0 Å². The van der Waals surface area contributed by atoms with E-state index >= 15 is 0 Å². The molecule has 27 heavy (non-hydrogen) atoms. The van der Waals surface area contributed by atoms with Crippen molar-refractivity contribution in [3.63, 3.8) is 0 Å². The quantitative estimate of drug-likeness (QED) is 0.677. The summed E-state index contributed by atoms with van der Waals surface area (Å²) in [6, 6.07) is 14.6. The van der Waals surface area contributed by atoms with Crippen LogP contribution in [0.5, 0.6) is 5.75 Å². The first kappa shape index (κ1) is 18.6. The molecule has 6 nitrogen and oxygen atoms in total. The highest BCUT2D eigenvalue weighted by Gasteiger charge is 2.10. The van der Waals surface area contributed by atoms with E-state index < -0.39 is 0 Å². The average Bonchev–Trinajstić information content (AvgIpc) is 3.10. The molecule has 1 heterocycles. The molecule has 0 aliphatic heterocycles. The fourth-order valence-corrected chi connectivity index (χ4v) is 3.31. The van der Waals surface area contributed by atoms with E-state index in [0.29, 0.717) is 17.1 Å². The highest BCUT2D eigenvalue weighted by Crippen LogP contribution is 2.26. The first-order valence-corrected chi connectivity index (χ1v) is 9.18. The van der Waals surface area contributed by atoms with E-state index in [9.17, 15) is 9.59 Å². The van der Waals surface area contributed by atoms with Gasteiger partial charge in [-0.1, -0.05) is 12.1 Å². The monoisotopic (exact) mass is 381 g/mol. The molecule has 2 N–H and O–H groups in total. The van der Waals surface area contributed by atoms with E-state index in [4.69, 9.17) is 4.74 Å². The van der Waals surface area contributed by atoms with E-state index in [2.05, 4.69) is 15.6 Å². The van der Waals surface area contributed by atoms with Crippen LogP contribution in [0.2, 0.25) is 0 Å². The van der Waals surface area contributed by atoms with E-state index in [-0.39, 0.29) is 18.2 Å². The van der Waals surface area contributed by atoms with Gasteiger partial charge in [0.1, 0.15) is 10.8 Å². The van der Waals surface area contributed by atoms with Crippen LogP contribution in [0.25, 0.3) is 10.6 Å². The van der Waals surface area contributed by atoms with Crippen molar-refractivity contribution in [3.05, 3.63) is 59.6 Å². The standard InChI is InChI=1S/C20H19N3O3S/c1-13(24)21-16-5-3-4-14(10-16)20-23-17(12-27-20)11-19(25)22-15-6-8-18(26-2)9-7-15/h3-10,12H,11H2,1-2H3,(H,21,24)(H,22,25). The Kier molecular flexibility index (Phi) is 5.83. The third-order valence-electron chi connectivity index (χ3n) is 3.70. The third kappa shape index (κ3) is 5.15. The molecule has 0 unspecified atom stereocenters. The number of ether oxygens (including phenoxy) is 1. The van der Waals surface area contributed by atoms with Gasteiger partial charge in [-0.15, -0.1) is 11.3 Å². The molecule has 2 aromatic carbocycles. The molecular weight excluding hydrogens is 362 g/mol. The third-order valence-corrected chi connectivity index (χ3v) is 4.64. The van der Waals surface area contributed by atoms with Gasteiger partial charge in [0.05, 0.1) is 19.2 Å². The summed E-state index contributed by atoms with van der Waals surface area (Å²) in [7, 11) is 1.60. The van der Waals surface area contributed by atoms with E-state index in [1.807, 2.05) is 29.6 Å². The number of nitrogens with zero attached hydrogens (tertiary/aromatic N) is 1. The summed E-state index contributed by atoms with van der Waals surface area (Å²) >= 11 is 1.46. The molecule has 0 aliphatic rings. The summed E-state index contributed by atoms with van der Waals surface area (Å²) in [6.45, 7) is 1.47. The van der Waals surface area contributed by atoms with Crippen LogP contribution in [0.3, 0.4) is 0 Å². The second kappa shape index (κ2) is 8.46. The van der Waals surface area contributed by atoms with Crippen LogP contribution in [0.15, 0.2) is 53.9 Å². The van der Waals surface area contributed by atoms with Crippen LogP contribution in [0.1, 0.15) is 12.6 Å². The minimum Gasteiger partial charge on any atom is -0.497 e. The van der Waals surface area contributed by atoms with Crippen molar-refractivity contribution in [1.82, 2.24) is 4.98 Å². The first-order valence-electron chi connectivity index (χ1n) is 8.30. The Bertz CT molecular complexity index is 951. The Morgan fingerprint density at radius 1 is 1.07 bits per heavy atom. The van der Waals surface area contributed by atoms with Gasteiger partial charge in [-0.2, -0.15) is 0 Å². The molecule has 2 amide bonds. The molecule has 3 aromatic rings. The average molecular weight is 381 g/mol. The van der Waals surface area contributed by atoms with Crippen LogP contribution in [-0.2, 0) is 16.0 Å². The number of amides is 2. The summed E-state index contributed by atoms with van der Waals surface area (Å²) in [6.07, 6.45) is 0.188. The number of nitrogens with one attached hydrogen (secondary N) is 2. The number of hydrogen-bond acceptors (Lipinski definition) is 5. The Hall–Kier alpha value is -3.19. The molecule has 0 radical (unpaired) electrons. The summed E-state index contributed by atoms with van der Waals surface area (Å²) < 4.78 is 5.10. The van der Waals surface area contributed by atoms with Gasteiger partial charge in [-0.25, -0.2) is 4.98 Å². The number of hydrogen-bond donors (Lipinski definition) is 2. The number of rotatable bonds is 6. The van der Waals surface area contributed by atoms with Crippen LogP contribution in [0.4, 0.5) is 11.4 Å². The molecule has 0 saturated heterocycles. The van der Waals surface area contributed by atoms with Gasteiger partial charge in [-0.05, 0) is 36.4 Å². The Balaban J connectivity index is 1.65. The second-order valence-electron chi connectivity index (χ2n) is 5.86. The van der Waals surface area contributed by atoms with Crippen molar-refractivity contribution in [2.75, 3.05) is 17.7 Å². The molecule has 0 atom stereocenters. The maximum absolute atomic E-state index is 12.2. The van der Waals surface area contributed by atoms with Crippen molar-refractivity contribution in [2.24, 2.45) is 0 Å². The predicted octanol–water partition coefficient (Wildman–Crippen LogP) is 3.96. The zero-order valence-electron chi connectivity index (χ0n) is 15.0. The number of anilines is 2. The molecule has 0 aliphatic carbocycles. The number of thiazole rings is 1. The van der Waals surface area contributed by atoms with Crippen LogP contribution in [0, 0.1) is 0 Å². The zero-order chi connectivity index (χ0) is 19.2. The minimum atomic E-state index is -0.135. The number of carbonyl (C=O) groups excluding carboxylic acids is 2. The predicted molar refractivity (Wildman–Crippen MR) is 107 cm³/mol. The fraction of sp³-hybridized carbons (Fsp3) is 0.150. The molecule has 0 fully saturated rings. The fourth-order valence-electron chi connectivity index (χ4n) is 2.50. The summed E-state index contributed by atoms with van der Waals surface area (Å²) in [5, 5.41) is 8.27. The molecule has 0 bridgehead atoms. The van der Waals surface area contributed by atoms with Gasteiger partial charge in [0.15, 0.2) is 0 Å². The van der Waals surface area contributed by atoms with Crippen molar-refractivity contribution >= 4 is 34.5 Å². The zero-order valence-corrected chi connectivity index (χ0v) is 15.8. The number of benzene rings is 2. The maximum Gasteiger partial charge on any atom is 0.230 e. The molecular formula is C20H19N3O3S. The lowest BCUT2D eigenvalue weighted by molar-refractivity contribution is -0.116. The van der Waals surface area contributed by atoms with E-state index in [1.54, 1.807) is 31.4 Å². The second-order valence-corrected chi connectivity index (χ2v) is 6.72. The summed E-state index contributed by atoms with van der Waals surface area (Å²) in [5.41, 5.74) is 3.02. The largest absolute Gasteiger partial charge is 0.497 e. The first-order chi connectivity index (χ1) is 13.0. The number of carbonyl (C=O) groups is 2. The van der Waals surface area contributed by atoms with Gasteiger partial charge in [-0.3, -0.25) is 9.59 Å². The van der Waals surface area contributed by atoms with E-state index in [1.165, 1.54) is 18.3 Å². The number of aromatic nitrogens is 1. The van der Waals surface area contributed by atoms with Gasteiger partial charge in [0, 0.05) is 29.2 Å². The lowest BCUT2D eigenvalue weighted by Crippen LogP contribution is -2.14. The summed E-state index contributed by atoms with van der Waals surface area (Å²) in [5.74, 6) is 0.477. The highest BCUT2D eigenvalue weighted by molar-refractivity contribution is 7.13. The number of methoxy groups -OCH3 is 1. The lowest BCUT2D eigenvalue weighted by atomic mass is 10.2. The topological polar surface area (TPSA) is 80.3 Å². The van der Waals surface area contributed by atoms with Crippen LogP contribution < -0.4 is 15.4 Å². The van der Waals surface area contributed by atoms with Crippen LogP contribution >= 0.6 is 11.3 Å². The Morgan fingerprint density at radius 3 is 2.56 bits per heavy atom. The van der Waals surface area contributed by atoms with Crippen molar-refractivity contribution in [3.8, 4) is 16.3 Å². The van der Waals surface area contributed by atoms with Gasteiger partial charge >= 0.3 is 0 Å². The van der Waals surface area contributed by atoms with Crippen molar-refractivity contribution in [1.29, 1.82) is 0 Å². The molecule has 138 valence electrons.